The predicted molar refractivity (Wildman–Crippen MR) is 75.1 cm³/mol. The van der Waals surface area contributed by atoms with Gasteiger partial charge in [0.05, 0.1) is 0 Å². The minimum absolute atomic E-state index is 0.0443. The summed E-state index contributed by atoms with van der Waals surface area (Å²) in [7, 11) is 0. The maximum atomic E-state index is 12.5. The van der Waals surface area contributed by atoms with Crippen molar-refractivity contribution in [2.75, 3.05) is 13.1 Å². The molecule has 1 aliphatic heterocycles. The van der Waals surface area contributed by atoms with Crippen LogP contribution in [-0.2, 0) is 0 Å². The zero-order valence-electron chi connectivity index (χ0n) is 11.6. The van der Waals surface area contributed by atoms with Gasteiger partial charge in [-0.25, -0.2) is 0 Å². The van der Waals surface area contributed by atoms with E-state index in [-0.39, 0.29) is 17.7 Å². The highest BCUT2D eigenvalue weighted by atomic mass is 16.3. The third-order valence-electron chi connectivity index (χ3n) is 3.93. The van der Waals surface area contributed by atoms with E-state index in [2.05, 4.69) is 0 Å². The van der Waals surface area contributed by atoms with Crippen LogP contribution in [0.3, 0.4) is 0 Å². The summed E-state index contributed by atoms with van der Waals surface area (Å²) in [5.41, 5.74) is 7.43. The highest BCUT2D eigenvalue weighted by molar-refractivity contribution is 5.95. The van der Waals surface area contributed by atoms with E-state index in [9.17, 15) is 9.90 Å². The Labute approximate surface area is 114 Å². The summed E-state index contributed by atoms with van der Waals surface area (Å²) in [6.45, 7) is 5.38. The summed E-state index contributed by atoms with van der Waals surface area (Å²) in [5, 5.41) is 9.40. The van der Waals surface area contributed by atoms with Crippen molar-refractivity contribution in [3.8, 4) is 5.75 Å². The van der Waals surface area contributed by atoms with Crippen molar-refractivity contribution < 1.29 is 9.90 Å². The fourth-order valence-electron chi connectivity index (χ4n) is 2.68. The van der Waals surface area contributed by atoms with Crippen molar-refractivity contribution in [3.63, 3.8) is 0 Å². The molecular weight excluding hydrogens is 240 g/mol. The van der Waals surface area contributed by atoms with Crippen molar-refractivity contribution in [1.82, 2.24) is 4.90 Å². The van der Waals surface area contributed by atoms with E-state index in [0.717, 1.165) is 31.5 Å². The van der Waals surface area contributed by atoms with Crippen LogP contribution in [0.4, 0.5) is 0 Å². The molecule has 1 heterocycles. The van der Waals surface area contributed by atoms with Crippen molar-refractivity contribution in [2.24, 2.45) is 11.7 Å². The molecule has 1 aromatic rings. The molecule has 2 unspecified atom stereocenters. The average molecular weight is 262 g/mol. The molecule has 0 aliphatic carbocycles. The van der Waals surface area contributed by atoms with E-state index in [4.69, 9.17) is 5.73 Å². The topological polar surface area (TPSA) is 66.6 Å². The number of carbonyl (C=O) groups is 1. The highest BCUT2D eigenvalue weighted by Crippen LogP contribution is 2.23. The SMILES string of the molecule is Cc1cc(O)ccc1C(=O)N1CCCC(C(C)N)C1. The van der Waals surface area contributed by atoms with Gasteiger partial charge in [-0.15, -0.1) is 0 Å². The van der Waals surface area contributed by atoms with Gasteiger partial charge < -0.3 is 15.7 Å². The molecule has 1 saturated heterocycles. The van der Waals surface area contributed by atoms with Gasteiger partial charge in [0.15, 0.2) is 0 Å². The Balaban J connectivity index is 2.15. The second-order valence-corrected chi connectivity index (χ2v) is 5.51. The van der Waals surface area contributed by atoms with Crippen molar-refractivity contribution in [2.45, 2.75) is 32.7 Å². The number of carbonyl (C=O) groups excluding carboxylic acids is 1. The third-order valence-corrected chi connectivity index (χ3v) is 3.93. The summed E-state index contributed by atoms with van der Waals surface area (Å²) in [4.78, 5) is 14.4. The minimum Gasteiger partial charge on any atom is -0.508 e. The van der Waals surface area contributed by atoms with Crippen molar-refractivity contribution in [3.05, 3.63) is 29.3 Å². The third kappa shape index (κ3) is 3.07. The van der Waals surface area contributed by atoms with E-state index in [1.807, 2.05) is 18.7 Å². The molecule has 1 fully saturated rings. The van der Waals surface area contributed by atoms with Gasteiger partial charge in [-0.2, -0.15) is 0 Å². The van der Waals surface area contributed by atoms with Crippen LogP contribution in [0, 0.1) is 12.8 Å². The van der Waals surface area contributed by atoms with E-state index in [1.165, 1.54) is 0 Å². The summed E-state index contributed by atoms with van der Waals surface area (Å²) in [6.07, 6.45) is 2.10. The average Bonchev–Trinajstić information content (AvgIpc) is 2.38. The molecule has 2 atom stereocenters. The second kappa shape index (κ2) is 5.61. The number of hydrogen-bond donors (Lipinski definition) is 2. The quantitative estimate of drug-likeness (QED) is 0.855. The molecular formula is C15H22N2O2. The monoisotopic (exact) mass is 262 g/mol. The first kappa shape index (κ1) is 13.9. The molecule has 1 amide bonds. The predicted octanol–water partition coefficient (Wildman–Crippen LogP) is 1.90. The zero-order chi connectivity index (χ0) is 14.0. The lowest BCUT2D eigenvalue weighted by atomic mass is 9.91. The number of amides is 1. The molecule has 0 aromatic heterocycles. The van der Waals surface area contributed by atoms with Crippen molar-refractivity contribution in [1.29, 1.82) is 0 Å². The number of aromatic hydroxyl groups is 1. The second-order valence-electron chi connectivity index (χ2n) is 5.51. The number of rotatable bonds is 2. The number of phenolic OH excluding ortho intramolecular Hbond substituents is 1. The number of nitrogens with two attached hydrogens (primary N) is 1. The molecule has 2 rings (SSSR count). The lowest BCUT2D eigenvalue weighted by Gasteiger charge is -2.35. The molecule has 0 radical (unpaired) electrons. The molecule has 0 saturated carbocycles. The smallest absolute Gasteiger partial charge is 0.254 e. The zero-order valence-corrected chi connectivity index (χ0v) is 11.6. The highest BCUT2D eigenvalue weighted by Gasteiger charge is 2.27. The lowest BCUT2D eigenvalue weighted by Crippen LogP contribution is -2.45. The Morgan fingerprint density at radius 2 is 2.26 bits per heavy atom. The van der Waals surface area contributed by atoms with E-state index >= 15 is 0 Å². The fourth-order valence-corrected chi connectivity index (χ4v) is 2.68. The summed E-state index contributed by atoms with van der Waals surface area (Å²) in [6, 6.07) is 5.01. The van der Waals surface area contributed by atoms with Gasteiger partial charge in [-0.3, -0.25) is 4.79 Å². The largest absolute Gasteiger partial charge is 0.508 e. The lowest BCUT2D eigenvalue weighted by molar-refractivity contribution is 0.0660. The first-order valence-corrected chi connectivity index (χ1v) is 6.83. The Kier molecular flexibility index (Phi) is 4.10. The van der Waals surface area contributed by atoms with Crippen LogP contribution in [0.15, 0.2) is 18.2 Å². The van der Waals surface area contributed by atoms with Gasteiger partial charge in [0, 0.05) is 24.7 Å². The number of phenols is 1. The van der Waals surface area contributed by atoms with Gasteiger partial charge >= 0.3 is 0 Å². The van der Waals surface area contributed by atoms with Crippen LogP contribution < -0.4 is 5.73 Å². The van der Waals surface area contributed by atoms with Crippen molar-refractivity contribution >= 4 is 5.91 Å². The molecule has 3 N–H and O–H groups in total. The number of aryl methyl sites for hydroxylation is 1. The van der Waals surface area contributed by atoms with Gasteiger partial charge in [-0.05, 0) is 56.4 Å². The van der Waals surface area contributed by atoms with E-state index in [0.29, 0.717) is 11.5 Å². The van der Waals surface area contributed by atoms with E-state index in [1.54, 1.807) is 18.2 Å². The maximum Gasteiger partial charge on any atom is 0.254 e. The molecule has 0 spiro atoms. The Morgan fingerprint density at radius 1 is 1.53 bits per heavy atom. The van der Waals surface area contributed by atoms with Crippen LogP contribution in [0.25, 0.3) is 0 Å². The molecule has 19 heavy (non-hydrogen) atoms. The Hall–Kier alpha value is -1.55. The first-order valence-electron chi connectivity index (χ1n) is 6.83. The number of piperidine rings is 1. The standard InChI is InChI=1S/C15H22N2O2/c1-10-8-13(18)5-6-14(10)15(19)17-7-3-4-12(9-17)11(2)16/h5-6,8,11-12,18H,3-4,7,9,16H2,1-2H3. The molecule has 1 aromatic carbocycles. The molecule has 4 heteroatoms. The number of nitrogens with zero attached hydrogens (tertiary/aromatic N) is 1. The van der Waals surface area contributed by atoms with Crippen LogP contribution in [-0.4, -0.2) is 35.0 Å². The molecule has 1 aliphatic rings. The molecule has 104 valence electrons. The van der Waals surface area contributed by atoms with Crippen LogP contribution >= 0.6 is 0 Å². The van der Waals surface area contributed by atoms with Crippen LogP contribution in [0.5, 0.6) is 5.75 Å². The first-order chi connectivity index (χ1) is 8.99. The van der Waals surface area contributed by atoms with Gasteiger partial charge in [0.2, 0.25) is 0 Å². The summed E-state index contributed by atoms with van der Waals surface area (Å²) >= 11 is 0. The number of hydrogen-bond acceptors (Lipinski definition) is 3. The van der Waals surface area contributed by atoms with Gasteiger partial charge in [-0.1, -0.05) is 0 Å². The number of likely N-dealkylation sites (tertiary alicyclic amines) is 1. The Morgan fingerprint density at radius 3 is 2.89 bits per heavy atom. The molecule has 4 nitrogen and oxygen atoms in total. The van der Waals surface area contributed by atoms with E-state index < -0.39 is 0 Å². The van der Waals surface area contributed by atoms with Crippen LogP contribution in [0.2, 0.25) is 0 Å². The van der Waals surface area contributed by atoms with Crippen LogP contribution in [0.1, 0.15) is 35.7 Å². The normalized spacial score (nSPS) is 21.2. The maximum absolute atomic E-state index is 12.5. The Bertz CT molecular complexity index is 471. The molecule has 0 bridgehead atoms. The summed E-state index contributed by atoms with van der Waals surface area (Å²) < 4.78 is 0. The summed E-state index contributed by atoms with van der Waals surface area (Å²) in [5.74, 6) is 0.624. The minimum atomic E-state index is 0.0443. The number of benzene rings is 1. The van der Waals surface area contributed by atoms with Gasteiger partial charge in [0.1, 0.15) is 5.75 Å². The fraction of sp³-hybridized carbons (Fsp3) is 0.533. The van der Waals surface area contributed by atoms with Gasteiger partial charge in [0.25, 0.3) is 5.91 Å².